The van der Waals surface area contributed by atoms with Crippen LogP contribution in [0.5, 0.6) is 0 Å². The van der Waals surface area contributed by atoms with Gasteiger partial charge in [0.1, 0.15) is 0 Å². The molecule has 0 N–H and O–H groups in total. The van der Waals surface area contributed by atoms with E-state index in [0.717, 1.165) is 11.1 Å². The average Bonchev–Trinajstić information content (AvgIpc) is 2.18. The zero-order valence-electron chi connectivity index (χ0n) is 7.95. The third-order valence-electron chi connectivity index (χ3n) is 2.09. The molecule has 1 aromatic carbocycles. The molecule has 0 fully saturated rings. The number of hydrogen-bond donors (Lipinski definition) is 0. The Morgan fingerprint density at radius 3 is 2.46 bits per heavy atom. The molecule has 1 aromatic rings. The molecule has 0 bridgehead atoms. The highest BCUT2D eigenvalue weighted by Gasteiger charge is 2.02. The first-order valence-electron chi connectivity index (χ1n) is 4.26. The molecule has 2 heteroatoms. The van der Waals surface area contributed by atoms with Gasteiger partial charge in [-0.1, -0.05) is 24.3 Å². The molecule has 68 valence electrons. The Balaban J connectivity index is 2.76. The molecule has 0 amide bonds. The van der Waals surface area contributed by atoms with Crippen LogP contribution in [0.25, 0.3) is 0 Å². The largest absolute Gasteiger partial charge is 0.377 e. The molecule has 0 saturated heterocycles. The minimum atomic E-state index is 0.121. The molecule has 13 heavy (non-hydrogen) atoms. The van der Waals surface area contributed by atoms with Crippen LogP contribution in [0.4, 0.5) is 0 Å². The zero-order valence-corrected chi connectivity index (χ0v) is 7.95. The standard InChI is InChI=1S/C11H13NO/c1-9(13-2)11-5-3-10(4-6-11)7-8-12/h3-6,9H,7H2,1-2H3. The van der Waals surface area contributed by atoms with Crippen LogP contribution >= 0.6 is 0 Å². The first-order chi connectivity index (χ1) is 6.27. The van der Waals surface area contributed by atoms with Gasteiger partial charge in [0, 0.05) is 7.11 Å². The maximum atomic E-state index is 8.47. The molecule has 0 saturated carbocycles. The van der Waals surface area contributed by atoms with Crippen molar-refractivity contribution in [1.29, 1.82) is 5.26 Å². The highest BCUT2D eigenvalue weighted by molar-refractivity contribution is 5.25. The summed E-state index contributed by atoms with van der Waals surface area (Å²) in [4.78, 5) is 0. The van der Waals surface area contributed by atoms with Gasteiger partial charge in [0.05, 0.1) is 18.6 Å². The summed E-state index contributed by atoms with van der Waals surface area (Å²) < 4.78 is 5.17. The molecule has 0 aliphatic rings. The minimum Gasteiger partial charge on any atom is -0.377 e. The lowest BCUT2D eigenvalue weighted by Crippen LogP contribution is -1.95. The second-order valence-electron chi connectivity index (χ2n) is 2.95. The van der Waals surface area contributed by atoms with Gasteiger partial charge >= 0.3 is 0 Å². The molecule has 1 atom stereocenters. The summed E-state index contributed by atoms with van der Waals surface area (Å²) in [7, 11) is 1.69. The van der Waals surface area contributed by atoms with Crippen molar-refractivity contribution in [3.05, 3.63) is 35.4 Å². The summed E-state index contributed by atoms with van der Waals surface area (Å²) in [6, 6.07) is 10.0. The van der Waals surface area contributed by atoms with Crippen molar-refractivity contribution in [2.45, 2.75) is 19.4 Å². The van der Waals surface area contributed by atoms with Gasteiger partial charge in [-0.3, -0.25) is 0 Å². The number of nitrogens with zero attached hydrogens (tertiary/aromatic N) is 1. The summed E-state index contributed by atoms with van der Waals surface area (Å²) in [5, 5.41) is 8.47. The number of benzene rings is 1. The van der Waals surface area contributed by atoms with E-state index in [9.17, 15) is 0 Å². The van der Waals surface area contributed by atoms with Crippen LogP contribution in [0.2, 0.25) is 0 Å². The van der Waals surface area contributed by atoms with Crippen molar-refractivity contribution >= 4 is 0 Å². The summed E-state index contributed by atoms with van der Waals surface area (Å²) in [5.41, 5.74) is 2.19. The van der Waals surface area contributed by atoms with E-state index in [1.54, 1.807) is 7.11 Å². The van der Waals surface area contributed by atoms with Gasteiger partial charge in [0.25, 0.3) is 0 Å². The predicted octanol–water partition coefficient (Wildman–Crippen LogP) is 2.46. The molecule has 0 aliphatic heterocycles. The summed E-state index contributed by atoms with van der Waals surface area (Å²) >= 11 is 0. The smallest absolute Gasteiger partial charge is 0.0793 e. The number of rotatable bonds is 3. The Hall–Kier alpha value is -1.33. The van der Waals surface area contributed by atoms with Gasteiger partial charge in [-0.2, -0.15) is 5.26 Å². The normalized spacial score (nSPS) is 12.1. The number of hydrogen-bond acceptors (Lipinski definition) is 2. The maximum Gasteiger partial charge on any atom is 0.0793 e. The number of methoxy groups -OCH3 is 1. The lowest BCUT2D eigenvalue weighted by Gasteiger charge is -2.09. The Morgan fingerprint density at radius 2 is 2.00 bits per heavy atom. The molecule has 0 aromatic heterocycles. The molecule has 0 aliphatic carbocycles. The van der Waals surface area contributed by atoms with Gasteiger partial charge in [0.2, 0.25) is 0 Å². The van der Waals surface area contributed by atoms with E-state index in [1.165, 1.54) is 0 Å². The molecule has 0 heterocycles. The monoisotopic (exact) mass is 175 g/mol. The van der Waals surface area contributed by atoms with E-state index < -0.39 is 0 Å². The van der Waals surface area contributed by atoms with Crippen LogP contribution in [0.3, 0.4) is 0 Å². The third-order valence-corrected chi connectivity index (χ3v) is 2.09. The third kappa shape index (κ3) is 2.57. The van der Waals surface area contributed by atoms with E-state index >= 15 is 0 Å². The molecule has 2 nitrogen and oxygen atoms in total. The highest BCUT2D eigenvalue weighted by Crippen LogP contribution is 2.15. The second kappa shape index (κ2) is 4.64. The summed E-state index contributed by atoms with van der Waals surface area (Å²) in [6.07, 6.45) is 0.595. The second-order valence-corrected chi connectivity index (χ2v) is 2.95. The Bertz CT molecular complexity index is 297. The molecule has 0 spiro atoms. The van der Waals surface area contributed by atoms with Gasteiger partial charge in [-0.25, -0.2) is 0 Å². The van der Waals surface area contributed by atoms with Crippen molar-refractivity contribution in [3.63, 3.8) is 0 Å². The van der Waals surface area contributed by atoms with E-state index in [-0.39, 0.29) is 6.10 Å². The van der Waals surface area contributed by atoms with Crippen molar-refractivity contribution in [3.8, 4) is 6.07 Å². The predicted molar refractivity (Wildman–Crippen MR) is 51.2 cm³/mol. The van der Waals surface area contributed by atoms with Crippen LogP contribution in [0.15, 0.2) is 24.3 Å². The van der Waals surface area contributed by atoms with Crippen LogP contribution in [-0.2, 0) is 11.2 Å². The fourth-order valence-corrected chi connectivity index (χ4v) is 1.13. The quantitative estimate of drug-likeness (QED) is 0.707. The van der Waals surface area contributed by atoms with Gasteiger partial charge in [0.15, 0.2) is 0 Å². The summed E-state index contributed by atoms with van der Waals surface area (Å²) in [5.74, 6) is 0. The minimum absolute atomic E-state index is 0.121. The fraction of sp³-hybridized carbons (Fsp3) is 0.364. The fourth-order valence-electron chi connectivity index (χ4n) is 1.13. The van der Waals surface area contributed by atoms with Crippen LogP contribution in [-0.4, -0.2) is 7.11 Å². The first-order valence-corrected chi connectivity index (χ1v) is 4.26. The first kappa shape index (κ1) is 9.76. The Morgan fingerprint density at radius 1 is 1.38 bits per heavy atom. The average molecular weight is 175 g/mol. The Labute approximate surface area is 78.8 Å². The van der Waals surface area contributed by atoms with E-state index in [0.29, 0.717) is 6.42 Å². The van der Waals surface area contributed by atoms with Gasteiger partial charge < -0.3 is 4.74 Å². The number of nitriles is 1. The van der Waals surface area contributed by atoms with Crippen molar-refractivity contribution < 1.29 is 4.74 Å². The Kier molecular flexibility index (Phi) is 3.48. The zero-order chi connectivity index (χ0) is 9.68. The lowest BCUT2D eigenvalue weighted by atomic mass is 10.1. The van der Waals surface area contributed by atoms with Crippen molar-refractivity contribution in [2.75, 3.05) is 7.11 Å². The lowest BCUT2D eigenvalue weighted by molar-refractivity contribution is 0.119. The molecular weight excluding hydrogens is 162 g/mol. The topological polar surface area (TPSA) is 33.0 Å². The molecule has 1 unspecified atom stereocenters. The molecular formula is C11H13NO. The van der Waals surface area contributed by atoms with Gasteiger partial charge in [-0.15, -0.1) is 0 Å². The molecule has 0 radical (unpaired) electrons. The molecule has 1 rings (SSSR count). The van der Waals surface area contributed by atoms with E-state index in [2.05, 4.69) is 6.07 Å². The van der Waals surface area contributed by atoms with Crippen molar-refractivity contribution in [2.24, 2.45) is 0 Å². The van der Waals surface area contributed by atoms with Crippen LogP contribution in [0.1, 0.15) is 24.2 Å². The highest BCUT2D eigenvalue weighted by atomic mass is 16.5. The van der Waals surface area contributed by atoms with E-state index in [4.69, 9.17) is 10.00 Å². The van der Waals surface area contributed by atoms with E-state index in [1.807, 2.05) is 31.2 Å². The maximum absolute atomic E-state index is 8.47. The van der Waals surface area contributed by atoms with Crippen LogP contribution in [0, 0.1) is 11.3 Å². The van der Waals surface area contributed by atoms with Gasteiger partial charge in [-0.05, 0) is 18.1 Å². The SMILES string of the molecule is COC(C)c1ccc(CC#N)cc1. The summed E-state index contributed by atoms with van der Waals surface area (Å²) in [6.45, 7) is 2.00. The van der Waals surface area contributed by atoms with Crippen molar-refractivity contribution in [1.82, 2.24) is 0 Å². The number of ether oxygens (including phenoxy) is 1. The van der Waals surface area contributed by atoms with Crippen LogP contribution < -0.4 is 0 Å².